The Morgan fingerprint density at radius 3 is 1.95 bits per heavy atom. The third-order valence-corrected chi connectivity index (χ3v) is 13.1. The van der Waals surface area contributed by atoms with Crippen molar-refractivity contribution >= 4 is 22.5 Å². The molecule has 0 spiro atoms. The lowest BCUT2D eigenvalue weighted by Gasteiger charge is -2.27. The standard InChI is InChI=1S/C61H52O/c62-61(56-37-51(43-20-7-1-8-21-43)35-52(38-56)44-22-9-2-10-23-44)57-39-53(45-24-11-3-12-25-45)36-54(40-57)49-32-19-33-50(34-49)60-58(47-28-15-5-16-29-47)41-55(46-26-13-4-14-27-46)42-59(60)48-30-17-6-18-31-48/h1,3-5,7-9,11-17,19-28,30-35,38-42,47,52,54H,2,6,10,18,29,36-37H2. The van der Waals surface area contributed by atoms with Gasteiger partial charge in [0, 0.05) is 35.3 Å². The second-order valence-electron chi connectivity index (χ2n) is 17.2. The van der Waals surface area contributed by atoms with E-state index in [0.29, 0.717) is 6.42 Å². The van der Waals surface area contributed by atoms with Crippen molar-refractivity contribution in [3.8, 4) is 22.3 Å². The molecule has 5 aliphatic rings. The number of carbonyl (C=O) groups is 1. The quantitative estimate of drug-likeness (QED) is 0.137. The zero-order chi connectivity index (χ0) is 41.7. The topological polar surface area (TPSA) is 17.1 Å². The normalized spacial score (nSPS) is 20.7. The van der Waals surface area contributed by atoms with Crippen LogP contribution >= 0.6 is 0 Å². The van der Waals surface area contributed by atoms with Gasteiger partial charge in [-0.3, -0.25) is 4.79 Å². The Balaban J connectivity index is 1.08. The molecule has 5 aliphatic carbocycles. The fourth-order valence-corrected chi connectivity index (χ4v) is 9.94. The van der Waals surface area contributed by atoms with E-state index in [9.17, 15) is 0 Å². The lowest BCUT2D eigenvalue weighted by Crippen LogP contribution is -2.16. The highest BCUT2D eigenvalue weighted by Gasteiger charge is 2.28. The highest BCUT2D eigenvalue weighted by molar-refractivity contribution is 6.13. The van der Waals surface area contributed by atoms with Gasteiger partial charge in [-0.1, -0.05) is 194 Å². The zero-order valence-electron chi connectivity index (χ0n) is 35.3. The van der Waals surface area contributed by atoms with Crippen LogP contribution in [0, 0.1) is 5.92 Å². The molecule has 0 bridgehead atoms. The van der Waals surface area contributed by atoms with Gasteiger partial charge in [0.1, 0.15) is 0 Å². The summed E-state index contributed by atoms with van der Waals surface area (Å²) in [6.07, 6.45) is 38.6. The first-order chi connectivity index (χ1) is 30.6. The molecule has 3 unspecified atom stereocenters. The SMILES string of the molecule is O=C(C1=CC(c2cccc(-c3c(C4=CCCC=C4)cc(-c4ccccc4)cc3C3C=CC=CC3)c2)CC(c2ccccc2)=C1)C1=CC(C2=CCCC=C2)C=C(c2ccccc2)C1. The van der Waals surface area contributed by atoms with Crippen LogP contribution in [0.5, 0.6) is 0 Å². The van der Waals surface area contributed by atoms with Crippen molar-refractivity contribution in [3.05, 3.63) is 257 Å². The summed E-state index contributed by atoms with van der Waals surface area (Å²) in [7, 11) is 0. The van der Waals surface area contributed by atoms with Crippen LogP contribution in [-0.2, 0) is 4.79 Å². The highest BCUT2D eigenvalue weighted by atomic mass is 16.1. The first-order valence-corrected chi connectivity index (χ1v) is 22.5. The number of rotatable bonds is 10. The monoisotopic (exact) mass is 800 g/mol. The molecule has 0 aromatic heterocycles. The van der Waals surface area contributed by atoms with Crippen molar-refractivity contribution in [1.82, 2.24) is 0 Å². The van der Waals surface area contributed by atoms with Gasteiger partial charge >= 0.3 is 0 Å². The van der Waals surface area contributed by atoms with Crippen molar-refractivity contribution in [3.63, 3.8) is 0 Å². The van der Waals surface area contributed by atoms with Crippen LogP contribution in [0.25, 0.3) is 39.0 Å². The summed E-state index contributed by atoms with van der Waals surface area (Å²) >= 11 is 0. The maximum absolute atomic E-state index is 15.1. The van der Waals surface area contributed by atoms with Gasteiger partial charge in [-0.25, -0.2) is 0 Å². The average Bonchev–Trinajstić information content (AvgIpc) is 3.37. The van der Waals surface area contributed by atoms with Crippen molar-refractivity contribution in [2.75, 3.05) is 0 Å². The lowest BCUT2D eigenvalue weighted by molar-refractivity contribution is -0.112. The van der Waals surface area contributed by atoms with Crippen LogP contribution in [0.4, 0.5) is 0 Å². The van der Waals surface area contributed by atoms with E-state index in [0.717, 1.165) is 49.7 Å². The van der Waals surface area contributed by atoms with Gasteiger partial charge in [0.05, 0.1) is 0 Å². The Bertz CT molecular complexity index is 2810. The molecule has 0 fully saturated rings. The van der Waals surface area contributed by atoms with Gasteiger partial charge in [-0.05, 0) is 129 Å². The van der Waals surface area contributed by atoms with Crippen LogP contribution < -0.4 is 0 Å². The molecule has 0 saturated carbocycles. The molecule has 302 valence electrons. The first kappa shape index (κ1) is 39.3. The third kappa shape index (κ3) is 8.41. The van der Waals surface area contributed by atoms with Crippen LogP contribution in [0.3, 0.4) is 0 Å². The average molecular weight is 801 g/mol. The van der Waals surface area contributed by atoms with Crippen LogP contribution in [0.2, 0.25) is 0 Å². The second kappa shape index (κ2) is 18.0. The molecule has 3 atom stereocenters. The highest BCUT2D eigenvalue weighted by Crippen LogP contribution is 2.45. The molecule has 5 aromatic rings. The predicted molar refractivity (Wildman–Crippen MR) is 261 cm³/mol. The van der Waals surface area contributed by atoms with Crippen LogP contribution in [0.1, 0.15) is 84.6 Å². The Morgan fingerprint density at radius 2 is 1.26 bits per heavy atom. The maximum Gasteiger partial charge on any atom is 0.188 e. The smallest absolute Gasteiger partial charge is 0.188 e. The zero-order valence-corrected chi connectivity index (χ0v) is 35.3. The minimum Gasteiger partial charge on any atom is -0.289 e. The number of allylic oxidation sites excluding steroid dienone is 20. The molecule has 0 N–H and O–H groups in total. The van der Waals surface area contributed by atoms with Crippen molar-refractivity contribution in [2.45, 2.75) is 56.8 Å². The number of hydrogen-bond donors (Lipinski definition) is 0. The summed E-state index contributed by atoms with van der Waals surface area (Å²) in [5.41, 5.74) is 17.8. The Morgan fingerprint density at radius 1 is 0.548 bits per heavy atom. The number of benzene rings is 5. The van der Waals surface area contributed by atoms with E-state index in [1.807, 2.05) is 0 Å². The molecule has 10 rings (SSSR count). The number of ketones is 1. The summed E-state index contributed by atoms with van der Waals surface area (Å²) in [5, 5.41) is 0. The van der Waals surface area contributed by atoms with Gasteiger partial charge in [-0.2, -0.15) is 0 Å². The van der Waals surface area contributed by atoms with Gasteiger partial charge in [0.2, 0.25) is 0 Å². The van der Waals surface area contributed by atoms with Crippen molar-refractivity contribution in [2.24, 2.45) is 5.92 Å². The predicted octanol–water partition coefficient (Wildman–Crippen LogP) is 15.7. The minimum atomic E-state index is 0.0176. The lowest BCUT2D eigenvalue weighted by atomic mass is 9.77. The number of Topliss-reactive ketones (excluding diaryl/α,β-unsaturated/α-hetero) is 1. The van der Waals surface area contributed by atoms with Crippen molar-refractivity contribution < 1.29 is 4.79 Å². The number of hydrogen-bond acceptors (Lipinski definition) is 1. The van der Waals surface area contributed by atoms with E-state index in [-0.39, 0.29) is 23.5 Å². The molecule has 0 aliphatic heterocycles. The van der Waals surface area contributed by atoms with Gasteiger partial charge in [-0.15, -0.1) is 0 Å². The van der Waals surface area contributed by atoms with Crippen LogP contribution in [0.15, 0.2) is 229 Å². The summed E-state index contributed by atoms with van der Waals surface area (Å²) < 4.78 is 0. The molecule has 62 heavy (non-hydrogen) atoms. The van der Waals surface area contributed by atoms with E-state index in [1.54, 1.807) is 0 Å². The Labute approximate surface area is 367 Å². The second-order valence-corrected chi connectivity index (χ2v) is 17.2. The molecule has 1 nitrogen and oxygen atoms in total. The summed E-state index contributed by atoms with van der Waals surface area (Å²) in [6, 6.07) is 46.2. The maximum atomic E-state index is 15.1. The molecule has 0 amide bonds. The summed E-state index contributed by atoms with van der Waals surface area (Å²) in [5.74, 6) is 0.455. The van der Waals surface area contributed by atoms with E-state index in [1.165, 1.54) is 72.4 Å². The molecule has 0 saturated heterocycles. The summed E-state index contributed by atoms with van der Waals surface area (Å²) in [4.78, 5) is 15.1. The van der Waals surface area contributed by atoms with Gasteiger partial charge in [0.25, 0.3) is 0 Å². The molecule has 5 aromatic carbocycles. The minimum absolute atomic E-state index is 0.0176. The van der Waals surface area contributed by atoms with E-state index in [2.05, 4.69) is 212 Å². The Kier molecular flexibility index (Phi) is 11.4. The number of carbonyl (C=O) groups excluding carboxylic acids is 1. The fourth-order valence-electron chi connectivity index (χ4n) is 9.94. The molecule has 1 heteroatoms. The molecule has 0 heterocycles. The van der Waals surface area contributed by atoms with Crippen molar-refractivity contribution in [1.29, 1.82) is 0 Å². The van der Waals surface area contributed by atoms with Crippen LogP contribution in [-0.4, -0.2) is 5.78 Å². The fraction of sp³-hybridized carbons (Fsp3) is 0.164. The molecular formula is C61H52O. The van der Waals surface area contributed by atoms with E-state index < -0.39 is 0 Å². The third-order valence-electron chi connectivity index (χ3n) is 13.1. The molecular weight excluding hydrogens is 749 g/mol. The largest absolute Gasteiger partial charge is 0.289 e. The molecule has 0 radical (unpaired) electrons. The van der Waals surface area contributed by atoms with E-state index in [4.69, 9.17) is 0 Å². The van der Waals surface area contributed by atoms with E-state index >= 15 is 4.79 Å². The van der Waals surface area contributed by atoms with Gasteiger partial charge < -0.3 is 0 Å². The van der Waals surface area contributed by atoms with Gasteiger partial charge in [0.15, 0.2) is 5.78 Å². The first-order valence-electron chi connectivity index (χ1n) is 22.5. The Hall–Kier alpha value is -6.83. The summed E-state index contributed by atoms with van der Waals surface area (Å²) in [6.45, 7) is 0.